The summed E-state index contributed by atoms with van der Waals surface area (Å²) in [5.41, 5.74) is 3.00. The number of hydrogen-bond donors (Lipinski definition) is 1. The molecule has 1 aliphatic rings. The number of benzene rings is 2. The van der Waals surface area contributed by atoms with E-state index in [0.717, 1.165) is 0 Å². The third kappa shape index (κ3) is 2.91. The highest BCUT2D eigenvalue weighted by molar-refractivity contribution is 5.78. The Kier molecular flexibility index (Phi) is 4.01. The van der Waals surface area contributed by atoms with E-state index in [-0.39, 0.29) is 17.7 Å². The Hall–Kier alpha value is -2.66. The molecule has 0 saturated carbocycles. The van der Waals surface area contributed by atoms with Gasteiger partial charge in [-0.05, 0) is 37.1 Å². The molecule has 2 atom stereocenters. The van der Waals surface area contributed by atoms with Gasteiger partial charge in [0, 0.05) is 0 Å². The molecule has 0 radical (unpaired) electrons. The third-order valence-electron chi connectivity index (χ3n) is 4.84. The number of para-hydroxylation sites is 1. The summed E-state index contributed by atoms with van der Waals surface area (Å²) < 4.78 is 6.07. The summed E-state index contributed by atoms with van der Waals surface area (Å²) in [6.07, 6.45) is -0.0332. The lowest BCUT2D eigenvalue weighted by Gasteiger charge is -2.39. The van der Waals surface area contributed by atoms with Crippen molar-refractivity contribution in [1.82, 2.24) is 9.97 Å². The first-order chi connectivity index (χ1) is 12.1. The van der Waals surface area contributed by atoms with Crippen molar-refractivity contribution in [3.05, 3.63) is 70.0 Å². The zero-order valence-corrected chi connectivity index (χ0v) is 14.4. The van der Waals surface area contributed by atoms with E-state index in [4.69, 9.17) is 4.74 Å². The lowest BCUT2D eigenvalue weighted by Crippen LogP contribution is -2.46. The molecular weight excluding hydrogens is 314 g/mol. The molecule has 1 aliphatic heterocycles. The second-order valence-electron chi connectivity index (χ2n) is 6.59. The summed E-state index contributed by atoms with van der Waals surface area (Å²) in [4.78, 5) is 22.2. The van der Waals surface area contributed by atoms with Gasteiger partial charge < -0.3 is 9.64 Å². The molecule has 1 saturated heterocycles. The van der Waals surface area contributed by atoms with Crippen LogP contribution in [0.3, 0.4) is 0 Å². The van der Waals surface area contributed by atoms with E-state index in [1.165, 1.54) is 11.1 Å². The van der Waals surface area contributed by atoms with Gasteiger partial charge in [-0.1, -0.05) is 36.4 Å². The van der Waals surface area contributed by atoms with Crippen LogP contribution in [-0.4, -0.2) is 29.2 Å². The van der Waals surface area contributed by atoms with Crippen LogP contribution >= 0.6 is 0 Å². The molecule has 1 N–H and O–H groups in total. The molecule has 0 bridgehead atoms. The van der Waals surface area contributed by atoms with Gasteiger partial charge in [0.2, 0.25) is 5.95 Å². The van der Waals surface area contributed by atoms with Crippen molar-refractivity contribution in [1.29, 1.82) is 0 Å². The van der Waals surface area contributed by atoms with Gasteiger partial charge in [0.15, 0.2) is 0 Å². The van der Waals surface area contributed by atoms with Crippen molar-refractivity contribution < 1.29 is 4.74 Å². The summed E-state index contributed by atoms with van der Waals surface area (Å²) in [6, 6.07) is 15.8. The number of morpholine rings is 1. The first kappa shape index (κ1) is 15.8. The smallest absolute Gasteiger partial charge is 0.260 e. The number of nitrogens with one attached hydrogen (secondary N) is 1. The first-order valence-corrected chi connectivity index (χ1v) is 8.56. The number of ether oxygens (including phenoxy) is 1. The number of rotatable bonds is 2. The number of hydrogen-bond acceptors (Lipinski definition) is 4. The van der Waals surface area contributed by atoms with Gasteiger partial charge in [-0.25, -0.2) is 4.98 Å². The lowest BCUT2D eigenvalue weighted by atomic mass is 10.0. The Morgan fingerprint density at radius 1 is 1.16 bits per heavy atom. The van der Waals surface area contributed by atoms with Gasteiger partial charge in [-0.2, -0.15) is 0 Å². The first-order valence-electron chi connectivity index (χ1n) is 8.56. The average Bonchev–Trinajstić information content (AvgIpc) is 2.63. The summed E-state index contributed by atoms with van der Waals surface area (Å²) in [5, 5.41) is 0.614. The van der Waals surface area contributed by atoms with Crippen LogP contribution in [0.5, 0.6) is 0 Å². The summed E-state index contributed by atoms with van der Waals surface area (Å²) >= 11 is 0. The summed E-state index contributed by atoms with van der Waals surface area (Å²) in [7, 11) is 0. The maximum Gasteiger partial charge on any atom is 0.260 e. The third-order valence-corrected chi connectivity index (χ3v) is 4.84. The zero-order valence-electron chi connectivity index (χ0n) is 14.4. The average molecular weight is 335 g/mol. The highest BCUT2D eigenvalue weighted by Crippen LogP contribution is 2.29. The molecule has 25 heavy (non-hydrogen) atoms. The van der Waals surface area contributed by atoms with Crippen LogP contribution in [0, 0.1) is 6.92 Å². The van der Waals surface area contributed by atoms with Crippen LogP contribution in [0.25, 0.3) is 10.9 Å². The molecule has 4 rings (SSSR count). The molecule has 2 aromatic carbocycles. The quantitative estimate of drug-likeness (QED) is 0.781. The maximum absolute atomic E-state index is 12.4. The number of fused-ring (bicyclic) bond motifs is 1. The van der Waals surface area contributed by atoms with Crippen molar-refractivity contribution in [3.63, 3.8) is 0 Å². The Morgan fingerprint density at radius 2 is 1.92 bits per heavy atom. The maximum atomic E-state index is 12.4. The number of anilines is 1. The standard InChI is InChI=1S/C20H21N3O2/c1-13-7-3-4-8-15(13)18-11-23(14(2)12-25-18)20-21-17-10-6-5-9-16(17)19(24)22-20/h3-10,14,18H,11-12H2,1-2H3,(H,21,22,24)/t14-,18-/m1/s1. The predicted octanol–water partition coefficient (Wildman–Crippen LogP) is 3.20. The summed E-state index contributed by atoms with van der Waals surface area (Å²) in [6.45, 7) is 5.43. The molecule has 128 valence electrons. The van der Waals surface area contributed by atoms with Gasteiger partial charge in [0.25, 0.3) is 5.56 Å². The van der Waals surface area contributed by atoms with E-state index in [2.05, 4.69) is 40.8 Å². The molecule has 0 aliphatic carbocycles. The Morgan fingerprint density at radius 3 is 2.76 bits per heavy atom. The number of aromatic amines is 1. The molecule has 0 spiro atoms. The van der Waals surface area contributed by atoms with Gasteiger partial charge in [0.1, 0.15) is 6.10 Å². The molecule has 5 heteroatoms. The Balaban J connectivity index is 1.71. The van der Waals surface area contributed by atoms with Crippen LogP contribution in [0.2, 0.25) is 0 Å². The minimum absolute atomic E-state index is 0.0332. The van der Waals surface area contributed by atoms with E-state index in [0.29, 0.717) is 30.0 Å². The van der Waals surface area contributed by atoms with Crippen LogP contribution < -0.4 is 10.5 Å². The SMILES string of the molecule is Cc1ccccc1[C@H]1CN(c2nc3ccccc3c(=O)[nH]2)[C@H](C)CO1. The second kappa shape index (κ2) is 6.33. The molecule has 5 nitrogen and oxygen atoms in total. The fourth-order valence-corrected chi connectivity index (χ4v) is 3.40. The van der Waals surface area contributed by atoms with E-state index < -0.39 is 0 Å². The Bertz CT molecular complexity index is 966. The number of aryl methyl sites for hydroxylation is 1. The van der Waals surface area contributed by atoms with Crippen LogP contribution in [0.1, 0.15) is 24.2 Å². The van der Waals surface area contributed by atoms with Crippen LogP contribution in [-0.2, 0) is 4.74 Å². The normalized spacial score (nSPS) is 20.8. The van der Waals surface area contributed by atoms with Crippen molar-refractivity contribution in [2.45, 2.75) is 26.0 Å². The molecule has 3 aromatic rings. The molecule has 1 fully saturated rings. The fraction of sp³-hybridized carbons (Fsp3) is 0.300. The monoisotopic (exact) mass is 335 g/mol. The zero-order chi connectivity index (χ0) is 17.4. The fourth-order valence-electron chi connectivity index (χ4n) is 3.40. The molecule has 1 aromatic heterocycles. The van der Waals surface area contributed by atoms with E-state index in [1.54, 1.807) is 6.07 Å². The molecule has 0 amide bonds. The van der Waals surface area contributed by atoms with E-state index in [9.17, 15) is 4.79 Å². The molecule has 2 heterocycles. The topological polar surface area (TPSA) is 58.2 Å². The van der Waals surface area contributed by atoms with Crippen molar-refractivity contribution in [3.8, 4) is 0 Å². The van der Waals surface area contributed by atoms with E-state index in [1.807, 2.05) is 30.3 Å². The van der Waals surface area contributed by atoms with Crippen LogP contribution in [0.15, 0.2) is 53.3 Å². The minimum atomic E-state index is -0.105. The largest absolute Gasteiger partial charge is 0.370 e. The van der Waals surface area contributed by atoms with E-state index >= 15 is 0 Å². The van der Waals surface area contributed by atoms with Crippen LogP contribution in [0.4, 0.5) is 5.95 Å². The number of aromatic nitrogens is 2. The Labute approximate surface area is 146 Å². The highest BCUT2D eigenvalue weighted by Gasteiger charge is 2.29. The van der Waals surface area contributed by atoms with Gasteiger partial charge in [-0.3, -0.25) is 9.78 Å². The van der Waals surface area contributed by atoms with Crippen molar-refractivity contribution in [2.24, 2.45) is 0 Å². The van der Waals surface area contributed by atoms with Gasteiger partial charge >= 0.3 is 0 Å². The van der Waals surface area contributed by atoms with Gasteiger partial charge in [-0.15, -0.1) is 0 Å². The van der Waals surface area contributed by atoms with Gasteiger partial charge in [0.05, 0.1) is 30.1 Å². The molecular formula is C20H21N3O2. The number of H-pyrrole nitrogens is 1. The second-order valence-corrected chi connectivity index (χ2v) is 6.59. The van der Waals surface area contributed by atoms with Crippen molar-refractivity contribution in [2.75, 3.05) is 18.1 Å². The van der Waals surface area contributed by atoms with Crippen molar-refractivity contribution >= 4 is 16.9 Å². The predicted molar refractivity (Wildman–Crippen MR) is 99.0 cm³/mol. The summed E-state index contributed by atoms with van der Waals surface area (Å²) in [5.74, 6) is 0.609. The minimum Gasteiger partial charge on any atom is -0.370 e. The number of nitrogens with zero attached hydrogens (tertiary/aromatic N) is 2. The lowest BCUT2D eigenvalue weighted by molar-refractivity contribution is 0.0205. The molecule has 0 unspecified atom stereocenters. The highest BCUT2D eigenvalue weighted by atomic mass is 16.5.